The lowest BCUT2D eigenvalue weighted by atomic mass is 9.67. The molecule has 0 aromatic heterocycles. The number of hydrogen-bond acceptors (Lipinski definition) is 5. The van der Waals surface area contributed by atoms with E-state index in [9.17, 15) is 19.5 Å². The topological polar surface area (TPSA) is 93.2 Å². The first-order valence-electron chi connectivity index (χ1n) is 11.0. The summed E-state index contributed by atoms with van der Waals surface area (Å²) in [6, 6.07) is 0. The monoisotopic (exact) mass is 404 g/mol. The number of carbonyl (C=O) groups excluding carboxylic acids is 2. The lowest BCUT2D eigenvalue weighted by Crippen LogP contribution is -2.48. The molecule has 1 saturated heterocycles. The van der Waals surface area contributed by atoms with Crippen molar-refractivity contribution in [1.82, 2.24) is 0 Å². The fourth-order valence-corrected chi connectivity index (χ4v) is 6.64. The fraction of sp³-hybridized carbons (Fsp3) is 0.783. The highest BCUT2D eigenvalue weighted by molar-refractivity contribution is 6.07. The van der Waals surface area contributed by atoms with E-state index in [4.69, 9.17) is 9.47 Å². The van der Waals surface area contributed by atoms with Gasteiger partial charge in [0.1, 0.15) is 17.1 Å². The average Bonchev–Trinajstić information content (AvgIpc) is 3.21. The highest BCUT2D eigenvalue weighted by atomic mass is 16.6. The number of carboxylic acid groups (broad SMARTS) is 1. The van der Waals surface area contributed by atoms with E-state index in [0.717, 1.165) is 32.1 Å². The molecule has 0 unspecified atom stereocenters. The summed E-state index contributed by atoms with van der Waals surface area (Å²) in [4.78, 5) is 37.4. The van der Waals surface area contributed by atoms with Gasteiger partial charge in [0.25, 0.3) is 0 Å². The van der Waals surface area contributed by atoms with E-state index in [2.05, 4.69) is 13.5 Å². The number of ketones is 1. The molecular weight excluding hydrogens is 372 g/mol. The number of carboxylic acids is 1. The molecule has 0 bridgehead atoms. The second-order valence-corrected chi connectivity index (χ2v) is 9.92. The minimum Gasteiger partial charge on any atom is -0.481 e. The zero-order chi connectivity index (χ0) is 21.2. The largest absolute Gasteiger partial charge is 0.481 e. The van der Waals surface area contributed by atoms with E-state index in [1.165, 1.54) is 0 Å². The predicted molar refractivity (Wildman–Crippen MR) is 105 cm³/mol. The number of carbonyl (C=O) groups is 3. The molecule has 160 valence electrons. The van der Waals surface area contributed by atoms with Crippen molar-refractivity contribution in [2.75, 3.05) is 0 Å². The molecule has 6 heteroatoms. The first-order chi connectivity index (χ1) is 13.6. The molecule has 1 heterocycles. The summed E-state index contributed by atoms with van der Waals surface area (Å²) in [6.07, 6.45) is 5.24. The zero-order valence-electron chi connectivity index (χ0n) is 17.7. The van der Waals surface area contributed by atoms with Crippen molar-refractivity contribution in [2.24, 2.45) is 22.7 Å². The van der Waals surface area contributed by atoms with Crippen LogP contribution in [0.2, 0.25) is 0 Å². The van der Waals surface area contributed by atoms with Gasteiger partial charge >= 0.3 is 11.9 Å². The Morgan fingerprint density at radius 2 is 1.90 bits per heavy atom. The molecule has 1 spiro atoms. The third-order valence-electron chi connectivity index (χ3n) is 8.35. The number of fused-ring (bicyclic) bond motifs is 2. The molecular formula is C23H32O6. The summed E-state index contributed by atoms with van der Waals surface area (Å²) in [7, 11) is 0. The highest BCUT2D eigenvalue weighted by Crippen LogP contribution is 2.77. The molecule has 6 nitrogen and oxygen atoms in total. The minimum absolute atomic E-state index is 0.0401. The summed E-state index contributed by atoms with van der Waals surface area (Å²) in [6.45, 7) is 9.83. The summed E-state index contributed by atoms with van der Waals surface area (Å²) < 4.78 is 11.8. The maximum Gasteiger partial charge on any atom is 0.313 e. The number of rotatable bonds is 8. The van der Waals surface area contributed by atoms with Gasteiger partial charge in [-0.3, -0.25) is 14.4 Å². The van der Waals surface area contributed by atoms with Crippen LogP contribution in [0.1, 0.15) is 72.1 Å². The van der Waals surface area contributed by atoms with Crippen LogP contribution in [0.25, 0.3) is 0 Å². The molecule has 4 rings (SSSR count). The molecule has 29 heavy (non-hydrogen) atoms. The van der Waals surface area contributed by atoms with Gasteiger partial charge < -0.3 is 14.6 Å². The lowest BCUT2D eigenvalue weighted by Gasteiger charge is -2.39. The van der Waals surface area contributed by atoms with E-state index < -0.39 is 34.6 Å². The first kappa shape index (κ1) is 20.6. The van der Waals surface area contributed by atoms with Crippen molar-refractivity contribution >= 4 is 17.7 Å². The van der Waals surface area contributed by atoms with E-state index in [0.29, 0.717) is 24.8 Å². The smallest absolute Gasteiger partial charge is 0.313 e. The van der Waals surface area contributed by atoms with Crippen molar-refractivity contribution in [3.05, 3.63) is 12.2 Å². The van der Waals surface area contributed by atoms with Gasteiger partial charge in [-0.25, -0.2) is 0 Å². The van der Waals surface area contributed by atoms with Crippen molar-refractivity contribution < 1.29 is 29.0 Å². The lowest BCUT2D eigenvalue weighted by molar-refractivity contribution is -0.170. The van der Waals surface area contributed by atoms with Gasteiger partial charge in [-0.2, -0.15) is 0 Å². The number of esters is 1. The number of hydrogen-bond donors (Lipinski definition) is 1. The minimum atomic E-state index is -1.16. The van der Waals surface area contributed by atoms with Gasteiger partial charge in [0.15, 0.2) is 11.9 Å². The van der Waals surface area contributed by atoms with Crippen LogP contribution in [0.4, 0.5) is 0 Å². The fourth-order valence-electron chi connectivity index (χ4n) is 6.64. The van der Waals surface area contributed by atoms with Crippen molar-refractivity contribution in [3.63, 3.8) is 0 Å². The zero-order valence-corrected chi connectivity index (χ0v) is 17.7. The van der Waals surface area contributed by atoms with Crippen LogP contribution in [-0.4, -0.2) is 40.6 Å². The van der Waals surface area contributed by atoms with Crippen LogP contribution in [-0.2, 0) is 23.9 Å². The standard InChI is InChI=1S/C23H32O6/c1-5-6-7-8-9-10-15(24)28-18-16-14(11-21(18,3)20(26)27)12-23-19(29-23)17(25)13(2)22(16,23)4/h14,16,18-19H,2,5-12H2,1,3-4H3,(H,26,27)/t14-,16-,18-,19-,21-,22-,23-/m1/s1. The summed E-state index contributed by atoms with van der Waals surface area (Å²) >= 11 is 0. The second kappa shape index (κ2) is 6.66. The molecule has 7 atom stereocenters. The van der Waals surface area contributed by atoms with Crippen LogP contribution in [0, 0.1) is 22.7 Å². The van der Waals surface area contributed by atoms with Crippen LogP contribution >= 0.6 is 0 Å². The Hall–Kier alpha value is -1.69. The van der Waals surface area contributed by atoms with Crippen LogP contribution in [0.15, 0.2) is 12.2 Å². The van der Waals surface area contributed by atoms with Crippen LogP contribution < -0.4 is 0 Å². The molecule has 3 saturated carbocycles. The molecule has 1 N–H and O–H groups in total. The molecule has 0 radical (unpaired) electrons. The third kappa shape index (κ3) is 2.60. The summed E-state index contributed by atoms with van der Waals surface area (Å²) in [5.41, 5.74) is -1.88. The number of aliphatic carboxylic acids is 1. The Bertz CT molecular complexity index is 773. The maximum absolute atomic E-state index is 12.6. The molecule has 4 fully saturated rings. The van der Waals surface area contributed by atoms with Crippen LogP contribution in [0.5, 0.6) is 0 Å². The average molecular weight is 405 g/mol. The number of ether oxygens (including phenoxy) is 2. The normalized spacial score (nSPS) is 44.4. The van der Waals surface area contributed by atoms with Crippen molar-refractivity contribution in [1.29, 1.82) is 0 Å². The number of Topliss-reactive ketones (excluding diaryl/α,β-unsaturated/α-hetero) is 1. The van der Waals surface area contributed by atoms with Gasteiger partial charge in [0.2, 0.25) is 0 Å². The van der Waals surface area contributed by atoms with Gasteiger partial charge in [-0.1, -0.05) is 46.1 Å². The number of unbranched alkanes of at least 4 members (excludes halogenated alkanes) is 4. The maximum atomic E-state index is 12.6. The molecule has 1 aliphatic heterocycles. The van der Waals surface area contributed by atoms with E-state index in [-0.39, 0.29) is 23.6 Å². The Morgan fingerprint density at radius 3 is 2.55 bits per heavy atom. The Morgan fingerprint density at radius 1 is 1.21 bits per heavy atom. The molecule has 0 aromatic rings. The van der Waals surface area contributed by atoms with Gasteiger partial charge in [-0.15, -0.1) is 0 Å². The SMILES string of the molecule is C=C1C(=O)[C@H]2O[C@]23C[C@H]2C[C@@](C)(C(=O)O)[C@H](OC(=O)CCCCCCC)[C@@H]2[C@@]13C. The first-order valence-corrected chi connectivity index (χ1v) is 11.0. The predicted octanol–water partition coefficient (Wildman–Crippen LogP) is 3.67. The third-order valence-corrected chi connectivity index (χ3v) is 8.35. The Kier molecular flexibility index (Phi) is 4.72. The molecule has 0 amide bonds. The van der Waals surface area contributed by atoms with Gasteiger partial charge in [0.05, 0.1) is 0 Å². The molecule has 0 aromatic carbocycles. The Balaban J connectivity index is 1.55. The van der Waals surface area contributed by atoms with E-state index >= 15 is 0 Å². The van der Waals surface area contributed by atoms with E-state index in [1.54, 1.807) is 6.92 Å². The summed E-state index contributed by atoms with van der Waals surface area (Å²) in [5.74, 6) is -1.58. The van der Waals surface area contributed by atoms with E-state index in [1.807, 2.05) is 6.92 Å². The van der Waals surface area contributed by atoms with Crippen LogP contribution in [0.3, 0.4) is 0 Å². The van der Waals surface area contributed by atoms with Crippen molar-refractivity contribution in [2.45, 2.75) is 89.9 Å². The van der Waals surface area contributed by atoms with Crippen molar-refractivity contribution in [3.8, 4) is 0 Å². The second-order valence-electron chi connectivity index (χ2n) is 9.92. The van der Waals surface area contributed by atoms with Gasteiger partial charge in [0, 0.05) is 23.3 Å². The molecule has 4 aliphatic rings. The molecule has 3 aliphatic carbocycles. The Labute approximate surface area is 172 Å². The van der Waals surface area contributed by atoms with Gasteiger partial charge in [-0.05, 0) is 32.1 Å². The number of epoxide rings is 1. The summed E-state index contributed by atoms with van der Waals surface area (Å²) in [5, 5.41) is 9.99. The highest BCUT2D eigenvalue weighted by Gasteiger charge is 2.86. The quantitative estimate of drug-likeness (QED) is 0.287.